The third-order valence-electron chi connectivity index (χ3n) is 4.42. The smallest absolute Gasteiger partial charge is 0.223 e. The topological polar surface area (TPSA) is 102 Å². The van der Waals surface area contributed by atoms with Crippen LogP contribution in [0.3, 0.4) is 0 Å². The fourth-order valence-electron chi connectivity index (χ4n) is 3.13. The van der Waals surface area contributed by atoms with Crippen LogP contribution in [-0.2, 0) is 23.4 Å². The highest BCUT2D eigenvalue weighted by molar-refractivity contribution is 7.90. The number of piperidine rings is 1. The van der Waals surface area contributed by atoms with Crippen LogP contribution in [0.5, 0.6) is 0 Å². The third-order valence-corrected chi connectivity index (χ3v) is 5.53. The Bertz CT molecular complexity index is 856. The van der Waals surface area contributed by atoms with Crippen LogP contribution in [0.15, 0.2) is 17.3 Å². The molecular weight excluding hydrogens is 340 g/mol. The maximum Gasteiger partial charge on any atom is 0.223 e. The predicted molar refractivity (Wildman–Crippen MR) is 95.3 cm³/mol. The van der Waals surface area contributed by atoms with Crippen molar-refractivity contribution in [3.05, 3.63) is 29.3 Å². The van der Waals surface area contributed by atoms with Gasteiger partial charge in [0.2, 0.25) is 5.95 Å². The van der Waals surface area contributed by atoms with Crippen LogP contribution in [-0.4, -0.2) is 47.5 Å². The standard InChI is InChI=1S/C16H24N6O2S/c1-11-13(10-22(2)21-11)8-18-16-19-9-14(25(3,23)24)15(20-16)12-5-4-6-17-7-12/h9-10,12,17H,4-8H2,1-3H3,(H,18,19,20)/t12-/m0/s1. The highest BCUT2D eigenvalue weighted by Gasteiger charge is 2.25. The minimum Gasteiger partial charge on any atom is -0.350 e. The van der Waals surface area contributed by atoms with Crippen molar-refractivity contribution in [1.82, 2.24) is 25.1 Å². The van der Waals surface area contributed by atoms with E-state index in [1.165, 1.54) is 12.5 Å². The molecule has 1 atom stereocenters. The number of hydrogen-bond donors (Lipinski definition) is 2. The monoisotopic (exact) mass is 364 g/mol. The number of nitrogens with zero attached hydrogens (tertiary/aromatic N) is 4. The summed E-state index contributed by atoms with van der Waals surface area (Å²) in [4.78, 5) is 8.98. The summed E-state index contributed by atoms with van der Waals surface area (Å²) in [6, 6.07) is 0. The van der Waals surface area contributed by atoms with Crippen LogP contribution >= 0.6 is 0 Å². The van der Waals surface area contributed by atoms with Crippen LogP contribution in [0.25, 0.3) is 0 Å². The van der Waals surface area contributed by atoms with E-state index in [-0.39, 0.29) is 10.8 Å². The van der Waals surface area contributed by atoms with Gasteiger partial charge in [-0.2, -0.15) is 5.10 Å². The van der Waals surface area contributed by atoms with Gasteiger partial charge in [-0.1, -0.05) is 0 Å². The summed E-state index contributed by atoms with van der Waals surface area (Å²) in [7, 11) is -1.49. The van der Waals surface area contributed by atoms with E-state index in [0.29, 0.717) is 18.2 Å². The van der Waals surface area contributed by atoms with Crippen molar-refractivity contribution in [3.63, 3.8) is 0 Å². The van der Waals surface area contributed by atoms with Gasteiger partial charge in [-0.05, 0) is 26.3 Å². The second-order valence-electron chi connectivity index (χ2n) is 6.53. The van der Waals surface area contributed by atoms with Crippen molar-refractivity contribution in [2.45, 2.75) is 37.1 Å². The van der Waals surface area contributed by atoms with Gasteiger partial charge in [0.15, 0.2) is 9.84 Å². The molecule has 2 aromatic rings. The van der Waals surface area contributed by atoms with Crippen molar-refractivity contribution < 1.29 is 8.42 Å². The molecule has 3 heterocycles. The Morgan fingerprint density at radius 3 is 2.84 bits per heavy atom. The molecule has 3 rings (SSSR count). The third kappa shape index (κ3) is 4.16. The Labute approximate surface area is 148 Å². The first-order valence-corrected chi connectivity index (χ1v) is 10.2. The summed E-state index contributed by atoms with van der Waals surface area (Å²) in [6.07, 6.45) is 6.50. The Morgan fingerprint density at radius 1 is 1.44 bits per heavy atom. The molecule has 0 aliphatic carbocycles. The normalized spacial score (nSPS) is 18.3. The summed E-state index contributed by atoms with van der Waals surface area (Å²) in [5.74, 6) is 0.526. The van der Waals surface area contributed by atoms with E-state index in [9.17, 15) is 8.42 Å². The fraction of sp³-hybridized carbons (Fsp3) is 0.562. The molecule has 2 N–H and O–H groups in total. The van der Waals surface area contributed by atoms with Crippen molar-refractivity contribution in [3.8, 4) is 0 Å². The van der Waals surface area contributed by atoms with E-state index in [2.05, 4.69) is 25.7 Å². The van der Waals surface area contributed by atoms with Crippen molar-refractivity contribution in [1.29, 1.82) is 0 Å². The highest BCUT2D eigenvalue weighted by Crippen LogP contribution is 2.28. The van der Waals surface area contributed by atoms with Crippen LogP contribution in [0, 0.1) is 6.92 Å². The number of rotatable bonds is 5. The van der Waals surface area contributed by atoms with Crippen LogP contribution < -0.4 is 10.6 Å². The molecule has 0 spiro atoms. The van der Waals surface area contributed by atoms with E-state index >= 15 is 0 Å². The number of hydrogen-bond acceptors (Lipinski definition) is 7. The van der Waals surface area contributed by atoms with E-state index in [4.69, 9.17) is 0 Å². The van der Waals surface area contributed by atoms with Gasteiger partial charge in [-0.15, -0.1) is 0 Å². The first kappa shape index (κ1) is 17.8. The fourth-order valence-corrected chi connectivity index (χ4v) is 3.97. The summed E-state index contributed by atoms with van der Waals surface area (Å²) < 4.78 is 26.0. The molecule has 0 saturated carbocycles. The van der Waals surface area contributed by atoms with Crippen LogP contribution in [0.4, 0.5) is 5.95 Å². The number of nitrogens with one attached hydrogen (secondary N) is 2. The predicted octanol–water partition coefficient (Wildman–Crippen LogP) is 1.00. The quantitative estimate of drug-likeness (QED) is 0.816. The maximum atomic E-state index is 12.1. The summed E-state index contributed by atoms with van der Waals surface area (Å²) in [5, 5.41) is 10.8. The molecule has 1 aliphatic rings. The van der Waals surface area contributed by atoms with Gasteiger partial charge < -0.3 is 10.6 Å². The lowest BCUT2D eigenvalue weighted by Gasteiger charge is -2.24. The molecular formula is C16H24N6O2S. The Balaban J connectivity index is 1.86. The molecule has 2 aromatic heterocycles. The van der Waals surface area contributed by atoms with Gasteiger partial charge in [-0.3, -0.25) is 4.68 Å². The van der Waals surface area contributed by atoms with Crippen molar-refractivity contribution in [2.24, 2.45) is 7.05 Å². The molecule has 1 aliphatic heterocycles. The minimum absolute atomic E-state index is 0.0853. The molecule has 1 fully saturated rings. The van der Waals surface area contributed by atoms with E-state index < -0.39 is 9.84 Å². The van der Waals surface area contributed by atoms with Gasteiger partial charge in [0, 0.05) is 44.1 Å². The van der Waals surface area contributed by atoms with E-state index in [1.807, 2.05) is 20.2 Å². The second-order valence-corrected chi connectivity index (χ2v) is 8.51. The molecule has 9 heteroatoms. The average molecular weight is 364 g/mol. The number of aromatic nitrogens is 4. The molecule has 136 valence electrons. The molecule has 0 radical (unpaired) electrons. The van der Waals surface area contributed by atoms with Gasteiger partial charge in [-0.25, -0.2) is 18.4 Å². The first-order valence-electron chi connectivity index (χ1n) is 8.35. The molecule has 0 unspecified atom stereocenters. The summed E-state index contributed by atoms with van der Waals surface area (Å²) >= 11 is 0. The van der Waals surface area contributed by atoms with Gasteiger partial charge in [0.1, 0.15) is 4.90 Å². The highest BCUT2D eigenvalue weighted by atomic mass is 32.2. The van der Waals surface area contributed by atoms with Gasteiger partial charge >= 0.3 is 0 Å². The number of aryl methyl sites for hydroxylation is 2. The Morgan fingerprint density at radius 2 is 2.24 bits per heavy atom. The summed E-state index contributed by atoms with van der Waals surface area (Å²) in [6.45, 7) is 4.19. The SMILES string of the molecule is Cc1nn(C)cc1CNc1ncc(S(C)(=O)=O)c([C@H]2CCCNC2)n1. The Hall–Kier alpha value is -2.00. The van der Waals surface area contributed by atoms with E-state index in [1.54, 1.807) is 4.68 Å². The molecule has 0 bridgehead atoms. The van der Waals surface area contributed by atoms with E-state index in [0.717, 1.165) is 37.2 Å². The van der Waals surface area contributed by atoms with Gasteiger partial charge in [0.25, 0.3) is 0 Å². The zero-order valence-electron chi connectivity index (χ0n) is 14.8. The zero-order valence-corrected chi connectivity index (χ0v) is 15.6. The lowest BCUT2D eigenvalue weighted by Crippen LogP contribution is -2.30. The molecule has 1 saturated heterocycles. The molecule has 0 amide bonds. The lowest BCUT2D eigenvalue weighted by molar-refractivity contribution is 0.448. The second kappa shape index (κ2) is 7.09. The molecule has 8 nitrogen and oxygen atoms in total. The van der Waals surface area contributed by atoms with Crippen LogP contribution in [0.2, 0.25) is 0 Å². The average Bonchev–Trinajstić information content (AvgIpc) is 2.90. The number of anilines is 1. The molecule has 25 heavy (non-hydrogen) atoms. The van der Waals surface area contributed by atoms with Crippen molar-refractivity contribution in [2.75, 3.05) is 24.7 Å². The van der Waals surface area contributed by atoms with Crippen molar-refractivity contribution >= 4 is 15.8 Å². The Kier molecular flexibility index (Phi) is 5.05. The summed E-state index contributed by atoms with van der Waals surface area (Å²) in [5.41, 5.74) is 2.61. The minimum atomic E-state index is -3.36. The van der Waals surface area contributed by atoms with Crippen LogP contribution in [0.1, 0.15) is 35.7 Å². The first-order chi connectivity index (χ1) is 11.8. The maximum absolute atomic E-state index is 12.1. The largest absolute Gasteiger partial charge is 0.350 e. The molecule has 0 aromatic carbocycles. The van der Waals surface area contributed by atoms with Gasteiger partial charge in [0.05, 0.1) is 17.6 Å². The number of sulfone groups is 1. The lowest BCUT2D eigenvalue weighted by atomic mass is 9.96. The zero-order chi connectivity index (χ0) is 18.0.